The van der Waals surface area contributed by atoms with E-state index in [-0.39, 0.29) is 0 Å². The van der Waals surface area contributed by atoms with Crippen LogP contribution in [0.25, 0.3) is 11.1 Å². The highest BCUT2D eigenvalue weighted by molar-refractivity contribution is 8.14. The number of nitrogens with one attached hydrogen (secondary N) is 1. The molecule has 1 aromatic heterocycles. The van der Waals surface area contributed by atoms with Crippen LogP contribution in [-0.4, -0.2) is 10.0 Å². The number of benzene rings is 2. The third-order valence-corrected chi connectivity index (χ3v) is 5.57. The molecule has 0 bridgehead atoms. The van der Waals surface area contributed by atoms with Gasteiger partial charge in [-0.25, -0.2) is 0 Å². The predicted molar refractivity (Wildman–Crippen MR) is 112 cm³/mol. The first-order valence-electron chi connectivity index (χ1n) is 8.59. The summed E-state index contributed by atoms with van der Waals surface area (Å²) in [4.78, 5) is 4.88. The Bertz CT molecular complexity index is 993. The molecule has 3 N–H and O–H groups in total. The van der Waals surface area contributed by atoms with Crippen LogP contribution in [-0.2, 0) is 6.42 Å². The van der Waals surface area contributed by atoms with Crippen molar-refractivity contribution in [3.63, 3.8) is 0 Å². The Kier molecular flexibility index (Phi) is 5.90. The average Bonchev–Trinajstić information content (AvgIpc) is 2.69. The lowest BCUT2D eigenvalue weighted by Crippen LogP contribution is -2.12. The number of nitrogens with two attached hydrogens (primary N) is 1. The van der Waals surface area contributed by atoms with Crippen LogP contribution in [0.3, 0.4) is 0 Å². The molecule has 0 fully saturated rings. The molecule has 0 spiro atoms. The molecule has 1 heterocycles. The van der Waals surface area contributed by atoms with Gasteiger partial charge in [-0.2, -0.15) is 5.26 Å². The lowest BCUT2D eigenvalue weighted by Gasteiger charge is -2.15. The third-order valence-electron chi connectivity index (χ3n) is 4.47. The van der Waals surface area contributed by atoms with Crippen molar-refractivity contribution in [3.8, 4) is 17.2 Å². The van der Waals surface area contributed by atoms with Gasteiger partial charge in [-0.05, 0) is 59.9 Å². The monoisotopic (exact) mass is 372 g/mol. The van der Waals surface area contributed by atoms with Gasteiger partial charge in [0.2, 0.25) is 0 Å². The van der Waals surface area contributed by atoms with Gasteiger partial charge in [-0.3, -0.25) is 10.4 Å². The molecule has 3 aromatic rings. The Morgan fingerprint density at radius 1 is 1.15 bits per heavy atom. The Balaban J connectivity index is 1.82. The van der Waals surface area contributed by atoms with E-state index in [0.717, 1.165) is 27.1 Å². The van der Waals surface area contributed by atoms with Crippen molar-refractivity contribution >= 4 is 22.5 Å². The van der Waals surface area contributed by atoms with Crippen LogP contribution in [0.5, 0.6) is 0 Å². The lowest BCUT2D eigenvalue weighted by atomic mass is 9.92. The van der Waals surface area contributed by atoms with Crippen molar-refractivity contribution in [1.82, 2.24) is 4.98 Å². The molecule has 0 saturated heterocycles. The molecule has 1 unspecified atom stereocenters. The second kappa shape index (κ2) is 8.52. The zero-order chi connectivity index (χ0) is 19.2. The second-order valence-electron chi connectivity index (χ2n) is 6.22. The van der Waals surface area contributed by atoms with Gasteiger partial charge in [0.1, 0.15) is 0 Å². The van der Waals surface area contributed by atoms with Gasteiger partial charge in [-0.15, -0.1) is 0 Å². The predicted octanol–water partition coefficient (Wildman–Crippen LogP) is 5.09. The van der Waals surface area contributed by atoms with E-state index < -0.39 is 5.92 Å². The van der Waals surface area contributed by atoms with Gasteiger partial charge in [0.25, 0.3) is 0 Å². The number of para-hydroxylation sites is 1. The molecule has 27 heavy (non-hydrogen) atoms. The summed E-state index contributed by atoms with van der Waals surface area (Å²) in [5.74, 6) is -0.513. The SMILES string of the molecule is Cc1c(CC(C#N)C(=N)Sc2ccccc2N)cccc1-c1ccncc1. The maximum Gasteiger partial charge on any atom is 0.0982 e. The second-order valence-corrected chi connectivity index (χ2v) is 7.30. The van der Waals surface area contributed by atoms with Crippen molar-refractivity contribution in [2.24, 2.45) is 5.92 Å². The minimum atomic E-state index is -0.513. The minimum absolute atomic E-state index is 0.309. The van der Waals surface area contributed by atoms with Crippen LogP contribution in [0.4, 0.5) is 5.69 Å². The van der Waals surface area contributed by atoms with Crippen molar-refractivity contribution in [2.75, 3.05) is 5.73 Å². The first-order valence-corrected chi connectivity index (χ1v) is 9.41. The maximum absolute atomic E-state index is 9.64. The molecule has 1 atom stereocenters. The topological polar surface area (TPSA) is 86.5 Å². The highest BCUT2D eigenvalue weighted by Gasteiger charge is 2.19. The fourth-order valence-electron chi connectivity index (χ4n) is 2.93. The Hall–Kier alpha value is -3.10. The van der Waals surface area contributed by atoms with Crippen molar-refractivity contribution in [1.29, 1.82) is 10.7 Å². The van der Waals surface area contributed by atoms with Crippen LogP contribution in [0.1, 0.15) is 11.1 Å². The summed E-state index contributed by atoms with van der Waals surface area (Å²) in [5.41, 5.74) is 11.0. The first-order chi connectivity index (χ1) is 13.1. The van der Waals surface area contributed by atoms with E-state index in [9.17, 15) is 5.26 Å². The summed E-state index contributed by atoms with van der Waals surface area (Å²) in [6.45, 7) is 2.06. The van der Waals surface area contributed by atoms with Crippen LogP contribution < -0.4 is 5.73 Å². The van der Waals surface area contributed by atoms with Gasteiger partial charge in [0.05, 0.1) is 17.0 Å². The number of anilines is 1. The normalized spacial score (nSPS) is 11.6. The molecular weight excluding hydrogens is 352 g/mol. The maximum atomic E-state index is 9.64. The molecule has 0 aliphatic carbocycles. The number of nitriles is 1. The number of thioether (sulfide) groups is 1. The highest BCUT2D eigenvalue weighted by atomic mass is 32.2. The molecule has 0 radical (unpaired) electrons. The van der Waals surface area contributed by atoms with E-state index in [2.05, 4.69) is 24.0 Å². The summed E-state index contributed by atoms with van der Waals surface area (Å²) in [5, 5.41) is 18.3. The van der Waals surface area contributed by atoms with E-state index in [1.807, 2.05) is 42.5 Å². The number of nitrogen functional groups attached to an aromatic ring is 1. The number of nitrogens with zero attached hydrogens (tertiary/aromatic N) is 2. The quantitative estimate of drug-likeness (QED) is 0.283. The number of hydrogen-bond acceptors (Lipinski definition) is 5. The standard InChI is InChI=1S/C22H20N4S/c1-15-17(5-4-6-19(15)16-9-11-26-12-10-16)13-18(14-23)22(25)27-21-8-3-2-7-20(21)24/h2-12,18,25H,13,24H2,1H3. The van der Waals surface area contributed by atoms with Gasteiger partial charge >= 0.3 is 0 Å². The molecule has 0 aliphatic heterocycles. The lowest BCUT2D eigenvalue weighted by molar-refractivity contribution is 0.863. The van der Waals surface area contributed by atoms with E-state index in [4.69, 9.17) is 11.1 Å². The van der Waals surface area contributed by atoms with E-state index in [0.29, 0.717) is 17.2 Å². The van der Waals surface area contributed by atoms with E-state index in [1.54, 1.807) is 18.5 Å². The van der Waals surface area contributed by atoms with Crippen LogP contribution in [0, 0.1) is 29.6 Å². The molecule has 3 rings (SSSR count). The first kappa shape index (κ1) is 18.7. The van der Waals surface area contributed by atoms with Gasteiger partial charge < -0.3 is 5.73 Å². The van der Waals surface area contributed by atoms with Crippen molar-refractivity contribution in [3.05, 3.63) is 78.1 Å². The molecule has 4 nitrogen and oxygen atoms in total. The molecule has 0 aliphatic rings. The summed E-state index contributed by atoms with van der Waals surface area (Å²) in [6.07, 6.45) is 4.05. The highest BCUT2D eigenvalue weighted by Crippen LogP contribution is 2.31. The Morgan fingerprint density at radius 3 is 2.59 bits per heavy atom. The van der Waals surface area contributed by atoms with Crippen LogP contribution in [0.15, 0.2) is 71.9 Å². The Labute approximate surface area is 163 Å². The minimum Gasteiger partial charge on any atom is -0.398 e. The largest absolute Gasteiger partial charge is 0.398 e. The average molecular weight is 372 g/mol. The summed E-state index contributed by atoms with van der Waals surface area (Å²) < 4.78 is 0. The van der Waals surface area contributed by atoms with E-state index >= 15 is 0 Å². The number of rotatable bonds is 5. The molecule has 134 valence electrons. The van der Waals surface area contributed by atoms with Crippen molar-refractivity contribution < 1.29 is 0 Å². The Morgan fingerprint density at radius 2 is 1.89 bits per heavy atom. The zero-order valence-electron chi connectivity index (χ0n) is 15.0. The molecule has 0 amide bonds. The van der Waals surface area contributed by atoms with Crippen molar-refractivity contribution in [2.45, 2.75) is 18.2 Å². The van der Waals surface area contributed by atoms with Gasteiger partial charge in [0.15, 0.2) is 0 Å². The fourth-order valence-corrected chi connectivity index (χ4v) is 3.78. The van der Waals surface area contributed by atoms with E-state index in [1.165, 1.54) is 11.8 Å². The fraction of sp³-hybridized carbons (Fsp3) is 0.136. The number of pyridine rings is 1. The van der Waals surface area contributed by atoms with Gasteiger partial charge in [0, 0.05) is 23.0 Å². The van der Waals surface area contributed by atoms with Crippen LogP contribution in [0.2, 0.25) is 0 Å². The smallest absolute Gasteiger partial charge is 0.0982 e. The molecular formula is C22H20N4S. The molecule has 0 saturated carbocycles. The number of aromatic nitrogens is 1. The van der Waals surface area contributed by atoms with Crippen LogP contribution >= 0.6 is 11.8 Å². The zero-order valence-corrected chi connectivity index (χ0v) is 15.8. The van der Waals surface area contributed by atoms with Gasteiger partial charge in [-0.1, -0.05) is 42.1 Å². The number of hydrogen-bond donors (Lipinski definition) is 2. The molecule has 2 aromatic carbocycles. The summed E-state index contributed by atoms with van der Waals surface area (Å²) in [7, 11) is 0. The summed E-state index contributed by atoms with van der Waals surface area (Å²) in [6, 6.07) is 19.8. The third kappa shape index (κ3) is 4.36. The molecule has 5 heteroatoms. The summed E-state index contributed by atoms with van der Waals surface area (Å²) >= 11 is 1.26.